The highest BCUT2D eigenvalue weighted by Crippen LogP contribution is 1.93. The van der Waals surface area contributed by atoms with E-state index in [0.29, 0.717) is 13.2 Å². The number of hydrogen-bond donors (Lipinski definition) is 4. The zero-order valence-corrected chi connectivity index (χ0v) is 13.3. The number of β-amino-alcohol motifs (C(OH)–C–C–N with tert-alkyl or cyclic N) is 1. The van der Waals surface area contributed by atoms with Crippen molar-refractivity contribution in [2.45, 2.75) is 0 Å². The maximum atomic E-state index is 10.4. The molecule has 21 heavy (non-hydrogen) atoms. The summed E-state index contributed by atoms with van der Waals surface area (Å²) >= 11 is 0. The van der Waals surface area contributed by atoms with E-state index in [2.05, 4.69) is 15.5 Å². The lowest BCUT2D eigenvalue weighted by Gasteiger charge is -2.26. The molecule has 2 aliphatic rings. The zero-order chi connectivity index (χ0) is 15.6. The lowest BCUT2D eigenvalue weighted by atomic mass is 10.4. The summed E-state index contributed by atoms with van der Waals surface area (Å²) in [5.41, 5.74) is 0. The molecule has 0 unspecified atom stereocenters. The van der Waals surface area contributed by atoms with Crippen LogP contribution in [0.4, 0.5) is 0 Å². The minimum atomic E-state index is -3.79. The first-order valence-corrected chi connectivity index (χ1v) is 9.04. The molecule has 0 aliphatic carbocycles. The summed E-state index contributed by atoms with van der Waals surface area (Å²) in [6.45, 7) is 9.37. The molecule has 0 amide bonds. The molecule has 2 saturated heterocycles. The van der Waals surface area contributed by atoms with Crippen LogP contribution in [0.25, 0.3) is 0 Å². The molecule has 4 N–H and O–H groups in total. The molecular weight excluding hydrogens is 296 g/mol. The van der Waals surface area contributed by atoms with Crippen LogP contribution in [0.1, 0.15) is 0 Å². The fourth-order valence-corrected chi connectivity index (χ4v) is 2.74. The van der Waals surface area contributed by atoms with Gasteiger partial charge in [0.1, 0.15) is 0 Å². The summed E-state index contributed by atoms with van der Waals surface area (Å²) in [4.78, 5) is 4.28. The summed E-state index contributed by atoms with van der Waals surface area (Å²) in [6, 6.07) is 0. The second kappa shape index (κ2) is 10.4. The van der Waals surface area contributed by atoms with Gasteiger partial charge in [-0.25, -0.2) is 0 Å². The van der Waals surface area contributed by atoms with E-state index in [1.165, 1.54) is 0 Å². The van der Waals surface area contributed by atoms with Crippen molar-refractivity contribution < 1.29 is 18.1 Å². The van der Waals surface area contributed by atoms with Crippen LogP contribution >= 0.6 is 0 Å². The molecular formula is C12H28N4O4S. The molecule has 0 spiro atoms. The molecule has 2 rings (SSSR count). The number of nitrogens with one attached hydrogen (secondary N) is 2. The van der Waals surface area contributed by atoms with Gasteiger partial charge in [0.15, 0.2) is 0 Å². The highest BCUT2D eigenvalue weighted by Gasteiger charge is 2.12. The zero-order valence-electron chi connectivity index (χ0n) is 12.5. The van der Waals surface area contributed by atoms with Crippen molar-refractivity contribution in [2.75, 3.05) is 77.8 Å². The lowest BCUT2D eigenvalue weighted by Crippen LogP contribution is -2.45. The quantitative estimate of drug-likeness (QED) is 0.417. The highest BCUT2D eigenvalue weighted by molar-refractivity contribution is 7.85. The Balaban J connectivity index is 0.000000219. The van der Waals surface area contributed by atoms with E-state index in [1.807, 2.05) is 4.90 Å². The van der Waals surface area contributed by atoms with Crippen molar-refractivity contribution in [1.82, 2.24) is 20.4 Å². The van der Waals surface area contributed by atoms with Gasteiger partial charge in [0, 0.05) is 65.4 Å². The summed E-state index contributed by atoms with van der Waals surface area (Å²) in [5, 5.41) is 15.0. The number of nitrogens with zero attached hydrogens (tertiary/aromatic N) is 2. The van der Waals surface area contributed by atoms with Crippen LogP contribution in [-0.4, -0.2) is 106 Å². The minimum absolute atomic E-state index is 0.160. The van der Waals surface area contributed by atoms with Gasteiger partial charge in [0.25, 0.3) is 10.1 Å². The van der Waals surface area contributed by atoms with Crippen molar-refractivity contribution in [1.29, 1.82) is 0 Å². The number of piperazine rings is 2. The van der Waals surface area contributed by atoms with Crippen LogP contribution < -0.4 is 10.6 Å². The fraction of sp³-hybridized carbons (Fsp3) is 1.00. The molecule has 9 heteroatoms. The number of aliphatic hydroxyl groups is 1. The van der Waals surface area contributed by atoms with E-state index >= 15 is 0 Å². The molecule has 126 valence electrons. The smallest absolute Gasteiger partial charge is 0.266 e. The normalized spacial score (nSPS) is 21.6. The van der Waals surface area contributed by atoms with Gasteiger partial charge in [0.05, 0.1) is 12.4 Å². The molecule has 0 aromatic rings. The Morgan fingerprint density at radius 3 is 1.67 bits per heavy atom. The SMILES string of the molecule is O=S(=O)(O)CCN1CCNCC1.OCCN1CCNCC1. The van der Waals surface area contributed by atoms with Crippen molar-refractivity contribution in [3.63, 3.8) is 0 Å². The molecule has 0 radical (unpaired) electrons. The van der Waals surface area contributed by atoms with E-state index in [1.54, 1.807) is 0 Å². The molecule has 0 aromatic carbocycles. The third-order valence-corrected chi connectivity index (χ3v) is 4.20. The number of rotatable bonds is 5. The summed E-state index contributed by atoms with van der Waals surface area (Å²) in [6.07, 6.45) is 0. The van der Waals surface area contributed by atoms with E-state index in [-0.39, 0.29) is 5.75 Å². The first kappa shape index (κ1) is 18.8. The van der Waals surface area contributed by atoms with Gasteiger partial charge < -0.3 is 15.7 Å². The topological polar surface area (TPSA) is 105 Å². The number of hydrogen-bond acceptors (Lipinski definition) is 7. The third-order valence-electron chi connectivity index (χ3n) is 3.50. The molecule has 0 saturated carbocycles. The molecule has 0 aromatic heterocycles. The Morgan fingerprint density at radius 1 is 0.857 bits per heavy atom. The standard InChI is InChI=1S/C6H14N2O3S.C6H14N2O/c9-12(10,11)6-5-8-3-1-7-2-4-8;9-6-5-8-3-1-7-2-4-8/h7H,1-6H2,(H,9,10,11);7,9H,1-6H2. The Morgan fingerprint density at radius 2 is 1.29 bits per heavy atom. The van der Waals surface area contributed by atoms with Gasteiger partial charge in [-0.3, -0.25) is 14.4 Å². The summed E-state index contributed by atoms with van der Waals surface area (Å²) < 4.78 is 29.3. The highest BCUT2D eigenvalue weighted by atomic mass is 32.2. The Bertz CT molecular complexity index is 352. The maximum Gasteiger partial charge on any atom is 0.266 e. The Labute approximate surface area is 127 Å². The van der Waals surface area contributed by atoms with Crippen LogP contribution in [0.2, 0.25) is 0 Å². The summed E-state index contributed by atoms with van der Waals surface area (Å²) in [7, 11) is -3.79. The molecule has 2 aliphatic heterocycles. The van der Waals surface area contributed by atoms with Crippen LogP contribution in [-0.2, 0) is 10.1 Å². The molecule has 0 bridgehead atoms. The predicted octanol–water partition coefficient (Wildman–Crippen LogP) is -2.34. The predicted molar refractivity (Wildman–Crippen MR) is 82.1 cm³/mol. The van der Waals surface area contributed by atoms with Gasteiger partial charge in [-0.15, -0.1) is 0 Å². The largest absolute Gasteiger partial charge is 0.395 e. The lowest BCUT2D eigenvalue weighted by molar-refractivity contribution is 0.180. The Kier molecular flexibility index (Phi) is 9.32. The van der Waals surface area contributed by atoms with E-state index in [9.17, 15) is 8.42 Å². The molecule has 2 fully saturated rings. The van der Waals surface area contributed by atoms with Crippen LogP contribution in [0.15, 0.2) is 0 Å². The van der Waals surface area contributed by atoms with Crippen molar-refractivity contribution in [3.8, 4) is 0 Å². The summed E-state index contributed by atoms with van der Waals surface area (Å²) in [5.74, 6) is -0.160. The van der Waals surface area contributed by atoms with Crippen molar-refractivity contribution >= 4 is 10.1 Å². The second-order valence-electron chi connectivity index (χ2n) is 5.19. The van der Waals surface area contributed by atoms with Crippen molar-refractivity contribution in [2.24, 2.45) is 0 Å². The molecule has 8 nitrogen and oxygen atoms in total. The van der Waals surface area contributed by atoms with Gasteiger partial charge >= 0.3 is 0 Å². The van der Waals surface area contributed by atoms with Gasteiger partial charge in [-0.1, -0.05) is 0 Å². The first-order valence-electron chi connectivity index (χ1n) is 7.43. The maximum absolute atomic E-state index is 10.4. The van der Waals surface area contributed by atoms with E-state index in [4.69, 9.17) is 9.66 Å². The minimum Gasteiger partial charge on any atom is -0.395 e. The number of aliphatic hydroxyl groups excluding tert-OH is 1. The van der Waals surface area contributed by atoms with E-state index < -0.39 is 10.1 Å². The molecule has 0 atom stereocenters. The Hall–Kier alpha value is -0.290. The average molecular weight is 324 g/mol. The first-order chi connectivity index (χ1) is 10.0. The monoisotopic (exact) mass is 324 g/mol. The van der Waals surface area contributed by atoms with Gasteiger partial charge in [0.2, 0.25) is 0 Å². The average Bonchev–Trinajstić information content (AvgIpc) is 2.48. The third kappa shape index (κ3) is 10.1. The fourth-order valence-electron chi connectivity index (χ4n) is 2.26. The van der Waals surface area contributed by atoms with E-state index in [0.717, 1.165) is 58.9 Å². The molecule has 2 heterocycles. The van der Waals surface area contributed by atoms with Gasteiger partial charge in [-0.2, -0.15) is 8.42 Å². The second-order valence-corrected chi connectivity index (χ2v) is 6.77. The van der Waals surface area contributed by atoms with Crippen LogP contribution in [0, 0.1) is 0 Å². The van der Waals surface area contributed by atoms with Gasteiger partial charge in [-0.05, 0) is 0 Å². The van der Waals surface area contributed by atoms with Crippen LogP contribution in [0.3, 0.4) is 0 Å². The van der Waals surface area contributed by atoms with Crippen molar-refractivity contribution in [3.05, 3.63) is 0 Å². The van der Waals surface area contributed by atoms with Crippen LogP contribution in [0.5, 0.6) is 0 Å².